The lowest BCUT2D eigenvalue weighted by Gasteiger charge is -2.31. The predicted octanol–water partition coefficient (Wildman–Crippen LogP) is 4.60. The Bertz CT molecular complexity index is 1590. The summed E-state index contributed by atoms with van der Waals surface area (Å²) < 4.78 is 55.5. The molecule has 1 aromatic heterocycles. The minimum absolute atomic E-state index is 0.0885. The van der Waals surface area contributed by atoms with Gasteiger partial charge in [0.1, 0.15) is 11.3 Å². The number of amides is 1. The molecule has 2 bridgehead atoms. The Balaban J connectivity index is 1.33. The highest BCUT2D eigenvalue weighted by Gasteiger charge is 2.39. The van der Waals surface area contributed by atoms with Crippen LogP contribution in [0.15, 0.2) is 48.1 Å². The number of imidazole rings is 1. The molecule has 206 valence electrons. The Kier molecular flexibility index (Phi) is 6.54. The van der Waals surface area contributed by atoms with Crippen LogP contribution in [-0.4, -0.2) is 54.4 Å². The number of hydrogen-bond acceptors (Lipinski definition) is 6. The number of halogens is 2. The summed E-state index contributed by atoms with van der Waals surface area (Å²) in [4.78, 5) is 20.3. The van der Waals surface area contributed by atoms with E-state index in [0.29, 0.717) is 23.3 Å². The van der Waals surface area contributed by atoms with Crippen LogP contribution in [-0.2, 0) is 10.0 Å². The number of nitrogens with one attached hydrogen (secondary N) is 2. The van der Waals surface area contributed by atoms with Crippen molar-refractivity contribution in [3.05, 3.63) is 59.4 Å². The monoisotopic (exact) mass is 557 g/mol. The molecule has 3 heterocycles. The highest BCUT2D eigenvalue weighted by molar-refractivity contribution is 7.92. The molecule has 1 saturated heterocycles. The Morgan fingerprint density at radius 1 is 1.13 bits per heavy atom. The summed E-state index contributed by atoms with van der Waals surface area (Å²) >= 11 is 0. The summed E-state index contributed by atoms with van der Waals surface area (Å²) in [6, 6.07) is 10.7. The number of fused-ring (bicyclic) bond motifs is 7. The van der Waals surface area contributed by atoms with E-state index in [2.05, 4.69) is 14.6 Å². The standard InChI is InChI=1S/C27H29F2N5O4S/c28-25(29)16-8-10-33(11-9-16)23-15-18(32-39(37,38)13-12-35)5-7-20(23)27(36)30-21-2-1-3-22-24(21)31-26-17-4-6-19(14-17)34(22)26/h1-3,5,7,15,17,19,32,35H,4,6,8-14H2,(H,30,36)/t17-,19+/m1/s1. The van der Waals surface area contributed by atoms with E-state index >= 15 is 0 Å². The second kappa shape index (κ2) is 9.91. The van der Waals surface area contributed by atoms with Crippen LogP contribution in [0.3, 0.4) is 0 Å². The van der Waals surface area contributed by atoms with Gasteiger partial charge in [-0.05, 0) is 68.0 Å². The molecule has 3 aromatic rings. The van der Waals surface area contributed by atoms with Gasteiger partial charge in [0, 0.05) is 25.0 Å². The Labute approximate surface area is 224 Å². The summed E-state index contributed by atoms with van der Waals surface area (Å²) in [5.41, 5.74) is 3.35. The molecule has 2 aliphatic heterocycles. The number of sulfonamides is 1. The first-order valence-electron chi connectivity index (χ1n) is 13.1. The summed E-state index contributed by atoms with van der Waals surface area (Å²) in [6.45, 7) is -0.0267. The van der Waals surface area contributed by atoms with E-state index in [1.54, 1.807) is 0 Å². The van der Waals surface area contributed by atoms with Crippen molar-refractivity contribution in [1.82, 2.24) is 9.55 Å². The lowest BCUT2D eigenvalue weighted by Crippen LogP contribution is -2.32. The quantitative estimate of drug-likeness (QED) is 0.391. The molecule has 2 atom stereocenters. The van der Waals surface area contributed by atoms with Crippen LogP contribution in [0.5, 0.6) is 0 Å². The number of para-hydroxylation sites is 1. The van der Waals surface area contributed by atoms with Gasteiger partial charge >= 0.3 is 0 Å². The molecule has 9 nitrogen and oxygen atoms in total. The molecule has 2 aromatic carbocycles. The second-order valence-electron chi connectivity index (χ2n) is 10.4. The fraction of sp³-hybridized carbons (Fsp3) is 0.407. The number of benzene rings is 2. The SMILES string of the molecule is O=C(Nc1cccc2c1nc1n2[C@H]2CC[C@@H]1C2)c1ccc(NS(=O)(=O)CCO)cc1N1CCC(=C(F)F)CC1. The highest BCUT2D eigenvalue weighted by atomic mass is 32.2. The van der Waals surface area contributed by atoms with Crippen molar-refractivity contribution >= 4 is 44.0 Å². The van der Waals surface area contributed by atoms with Crippen LogP contribution < -0.4 is 14.9 Å². The van der Waals surface area contributed by atoms with Crippen molar-refractivity contribution in [3.8, 4) is 0 Å². The van der Waals surface area contributed by atoms with Crippen molar-refractivity contribution in [2.24, 2.45) is 0 Å². The maximum atomic E-state index is 13.6. The molecule has 1 amide bonds. The smallest absolute Gasteiger partial charge is 0.269 e. The normalized spacial score (nSPS) is 20.4. The fourth-order valence-electron chi connectivity index (χ4n) is 6.13. The van der Waals surface area contributed by atoms with Gasteiger partial charge in [0.05, 0.1) is 40.5 Å². The zero-order valence-corrected chi connectivity index (χ0v) is 22.0. The van der Waals surface area contributed by atoms with Gasteiger partial charge in [-0.15, -0.1) is 0 Å². The van der Waals surface area contributed by atoms with Crippen LogP contribution in [0.4, 0.5) is 25.8 Å². The molecule has 12 heteroatoms. The van der Waals surface area contributed by atoms with Gasteiger partial charge in [0.25, 0.3) is 12.0 Å². The third-order valence-electron chi connectivity index (χ3n) is 7.98. The second-order valence-corrected chi connectivity index (χ2v) is 12.2. The highest BCUT2D eigenvalue weighted by Crippen LogP contribution is 2.50. The number of nitrogens with zero attached hydrogens (tertiary/aromatic N) is 3. The molecule has 0 spiro atoms. The number of carbonyl (C=O) groups excluding carboxylic acids is 1. The van der Waals surface area contributed by atoms with E-state index < -0.39 is 34.4 Å². The average molecular weight is 558 g/mol. The number of rotatable bonds is 7. The number of anilines is 3. The number of aromatic nitrogens is 2. The first-order chi connectivity index (χ1) is 18.7. The molecule has 3 N–H and O–H groups in total. The number of hydrogen-bond donors (Lipinski definition) is 3. The first-order valence-corrected chi connectivity index (χ1v) is 14.7. The van der Waals surface area contributed by atoms with E-state index in [9.17, 15) is 22.0 Å². The number of piperidine rings is 1. The molecule has 6 rings (SSSR count). The van der Waals surface area contributed by atoms with Crippen LogP contribution in [0.2, 0.25) is 0 Å². The fourth-order valence-corrected chi connectivity index (χ4v) is 6.96. The van der Waals surface area contributed by atoms with Gasteiger partial charge in [-0.3, -0.25) is 9.52 Å². The Hall–Kier alpha value is -3.51. The zero-order chi connectivity index (χ0) is 27.3. The van der Waals surface area contributed by atoms with Crippen LogP contribution >= 0.6 is 0 Å². The van der Waals surface area contributed by atoms with Gasteiger partial charge < -0.3 is 19.9 Å². The topological polar surface area (TPSA) is 117 Å². The summed E-state index contributed by atoms with van der Waals surface area (Å²) in [5.74, 6) is 0.641. The van der Waals surface area contributed by atoms with Crippen LogP contribution in [0, 0.1) is 0 Å². The molecule has 1 saturated carbocycles. The van der Waals surface area contributed by atoms with Gasteiger partial charge in [-0.2, -0.15) is 8.78 Å². The van der Waals surface area contributed by atoms with Crippen molar-refractivity contribution in [2.75, 3.05) is 40.4 Å². The molecular formula is C27H29F2N5O4S. The zero-order valence-electron chi connectivity index (χ0n) is 21.2. The van der Waals surface area contributed by atoms with E-state index in [1.807, 2.05) is 23.1 Å². The van der Waals surface area contributed by atoms with Crippen LogP contribution in [0.1, 0.15) is 60.2 Å². The average Bonchev–Trinajstić information content (AvgIpc) is 3.62. The molecule has 0 unspecified atom stereocenters. The summed E-state index contributed by atoms with van der Waals surface area (Å²) in [6.07, 6.45) is 2.00. The lowest BCUT2D eigenvalue weighted by atomic mass is 10.0. The minimum atomic E-state index is -3.80. The van der Waals surface area contributed by atoms with E-state index in [1.165, 1.54) is 18.2 Å². The minimum Gasteiger partial charge on any atom is -0.395 e. The number of carbonyl (C=O) groups is 1. The largest absolute Gasteiger partial charge is 0.395 e. The molecule has 2 fully saturated rings. The number of aliphatic hydroxyl groups excluding tert-OH is 1. The molecule has 3 aliphatic rings. The first kappa shape index (κ1) is 25.8. The Morgan fingerprint density at radius 3 is 2.67 bits per heavy atom. The van der Waals surface area contributed by atoms with Crippen molar-refractivity contribution in [2.45, 2.75) is 44.1 Å². The third-order valence-corrected chi connectivity index (χ3v) is 9.25. The summed E-state index contributed by atoms with van der Waals surface area (Å²) in [5, 5.41) is 12.1. The Morgan fingerprint density at radius 2 is 1.92 bits per heavy atom. The van der Waals surface area contributed by atoms with E-state index in [0.717, 1.165) is 36.1 Å². The van der Waals surface area contributed by atoms with E-state index in [4.69, 9.17) is 10.1 Å². The number of aliphatic hydroxyl groups is 1. The molecule has 39 heavy (non-hydrogen) atoms. The van der Waals surface area contributed by atoms with E-state index in [-0.39, 0.29) is 42.8 Å². The maximum Gasteiger partial charge on any atom is 0.269 e. The van der Waals surface area contributed by atoms with Crippen molar-refractivity contribution in [1.29, 1.82) is 0 Å². The van der Waals surface area contributed by atoms with Crippen molar-refractivity contribution < 1.29 is 27.1 Å². The van der Waals surface area contributed by atoms with Gasteiger partial charge in [0.2, 0.25) is 10.0 Å². The molecule has 1 aliphatic carbocycles. The molecule has 0 radical (unpaired) electrons. The maximum absolute atomic E-state index is 13.6. The molecular weight excluding hydrogens is 528 g/mol. The van der Waals surface area contributed by atoms with Gasteiger partial charge in [-0.25, -0.2) is 13.4 Å². The lowest BCUT2D eigenvalue weighted by molar-refractivity contribution is 0.102. The van der Waals surface area contributed by atoms with Crippen LogP contribution in [0.25, 0.3) is 11.0 Å². The van der Waals surface area contributed by atoms with Gasteiger partial charge in [0.15, 0.2) is 0 Å². The summed E-state index contributed by atoms with van der Waals surface area (Å²) in [7, 11) is -3.80. The third kappa shape index (κ3) is 4.76. The van der Waals surface area contributed by atoms with Gasteiger partial charge in [-0.1, -0.05) is 6.07 Å². The van der Waals surface area contributed by atoms with Crippen molar-refractivity contribution in [3.63, 3.8) is 0 Å². The predicted molar refractivity (Wildman–Crippen MR) is 145 cm³/mol.